The Balaban J connectivity index is 1.91. The monoisotopic (exact) mass is 236 g/mol. The fourth-order valence-electron chi connectivity index (χ4n) is 1.60. The molecule has 16 heavy (non-hydrogen) atoms. The van der Waals surface area contributed by atoms with E-state index in [0.717, 1.165) is 29.3 Å². The summed E-state index contributed by atoms with van der Waals surface area (Å²) in [5, 5.41) is 3.91. The van der Waals surface area contributed by atoms with Crippen LogP contribution in [-0.2, 0) is 4.79 Å². The largest absolute Gasteiger partial charge is 0.324 e. The van der Waals surface area contributed by atoms with E-state index in [0.29, 0.717) is 0 Å². The number of rotatable bonds is 4. The van der Waals surface area contributed by atoms with Gasteiger partial charge in [-0.1, -0.05) is 13.3 Å². The van der Waals surface area contributed by atoms with E-state index in [-0.39, 0.29) is 11.8 Å². The third-order valence-electron chi connectivity index (χ3n) is 2.77. The summed E-state index contributed by atoms with van der Waals surface area (Å²) in [7, 11) is 0. The lowest BCUT2D eigenvalue weighted by atomic mass is 9.85. The minimum atomic E-state index is 0.143. The van der Waals surface area contributed by atoms with Gasteiger partial charge in [0, 0.05) is 5.92 Å². The number of pyridine rings is 1. The van der Waals surface area contributed by atoms with E-state index in [9.17, 15) is 4.79 Å². The summed E-state index contributed by atoms with van der Waals surface area (Å²) < 4.78 is 0. The van der Waals surface area contributed by atoms with Crippen molar-refractivity contribution < 1.29 is 4.79 Å². The van der Waals surface area contributed by atoms with Crippen molar-refractivity contribution in [2.24, 2.45) is 5.92 Å². The Morgan fingerprint density at radius 2 is 2.38 bits per heavy atom. The molecule has 1 amide bonds. The van der Waals surface area contributed by atoms with Crippen molar-refractivity contribution in [3.8, 4) is 0 Å². The topological polar surface area (TPSA) is 42.0 Å². The first-order valence-electron chi connectivity index (χ1n) is 5.69. The molecule has 86 valence electrons. The Morgan fingerprint density at radius 1 is 1.56 bits per heavy atom. The van der Waals surface area contributed by atoms with Gasteiger partial charge in [0.2, 0.25) is 5.91 Å². The maximum absolute atomic E-state index is 11.7. The summed E-state index contributed by atoms with van der Waals surface area (Å²) in [5.41, 5.74) is 0.803. The molecule has 1 N–H and O–H groups in total. The van der Waals surface area contributed by atoms with Gasteiger partial charge in [-0.25, -0.2) is 4.98 Å². The Labute approximate surface area is 100 Å². The molecule has 0 saturated heterocycles. The van der Waals surface area contributed by atoms with E-state index in [4.69, 9.17) is 0 Å². The molecule has 0 bridgehead atoms. The van der Waals surface area contributed by atoms with Crippen LogP contribution in [0.4, 0.5) is 5.69 Å². The fourth-order valence-corrected chi connectivity index (χ4v) is 2.19. The van der Waals surface area contributed by atoms with Gasteiger partial charge < -0.3 is 5.32 Å². The fraction of sp³-hybridized carbons (Fsp3) is 0.500. The molecule has 0 radical (unpaired) electrons. The summed E-state index contributed by atoms with van der Waals surface area (Å²) >= 11 is 1.70. The van der Waals surface area contributed by atoms with Crippen molar-refractivity contribution in [3.05, 3.63) is 18.3 Å². The highest BCUT2D eigenvalue weighted by Crippen LogP contribution is 2.27. The van der Waals surface area contributed by atoms with Crippen LogP contribution in [0.2, 0.25) is 0 Å². The second kappa shape index (κ2) is 5.34. The summed E-state index contributed by atoms with van der Waals surface area (Å²) in [6, 6.07) is 3.87. The van der Waals surface area contributed by atoms with Crippen LogP contribution in [0.25, 0.3) is 0 Å². The number of carbonyl (C=O) groups is 1. The molecule has 2 rings (SSSR count). The molecular formula is C12H16N2OS. The van der Waals surface area contributed by atoms with Gasteiger partial charge in [-0.15, -0.1) is 11.8 Å². The van der Waals surface area contributed by atoms with Crippen molar-refractivity contribution in [2.45, 2.75) is 31.2 Å². The number of nitrogens with zero attached hydrogens (tertiary/aromatic N) is 1. The van der Waals surface area contributed by atoms with Crippen LogP contribution in [0.15, 0.2) is 23.4 Å². The minimum absolute atomic E-state index is 0.143. The molecule has 1 aromatic heterocycles. The van der Waals surface area contributed by atoms with Crippen LogP contribution in [0, 0.1) is 5.92 Å². The predicted molar refractivity (Wildman–Crippen MR) is 66.6 cm³/mol. The highest BCUT2D eigenvalue weighted by atomic mass is 32.2. The van der Waals surface area contributed by atoms with Gasteiger partial charge in [0.1, 0.15) is 0 Å². The van der Waals surface area contributed by atoms with Gasteiger partial charge in [0.25, 0.3) is 0 Å². The summed E-state index contributed by atoms with van der Waals surface area (Å²) in [6.45, 7) is 2.10. The first kappa shape index (κ1) is 11.5. The maximum atomic E-state index is 11.7. The third-order valence-corrected chi connectivity index (χ3v) is 3.60. The smallest absolute Gasteiger partial charge is 0.227 e. The molecule has 1 fully saturated rings. The van der Waals surface area contributed by atoms with Crippen LogP contribution in [0.5, 0.6) is 0 Å². The van der Waals surface area contributed by atoms with Crippen molar-refractivity contribution >= 4 is 23.4 Å². The number of amides is 1. The van der Waals surface area contributed by atoms with Gasteiger partial charge in [-0.2, -0.15) is 0 Å². The molecule has 4 heteroatoms. The molecule has 1 aliphatic rings. The number of anilines is 1. The third kappa shape index (κ3) is 2.76. The van der Waals surface area contributed by atoms with Crippen molar-refractivity contribution in [1.29, 1.82) is 0 Å². The first-order valence-corrected chi connectivity index (χ1v) is 6.68. The van der Waals surface area contributed by atoms with Gasteiger partial charge in [-0.05, 0) is 30.7 Å². The maximum Gasteiger partial charge on any atom is 0.227 e. The standard InChI is InChI=1S/C12H16N2OS/c1-2-16-11-7-6-10(8-13-11)14-12(15)9-4-3-5-9/h6-9H,2-5H2,1H3,(H,14,15). The van der Waals surface area contributed by atoms with Crippen LogP contribution in [-0.4, -0.2) is 16.6 Å². The second-order valence-corrected chi connectivity index (χ2v) is 5.22. The molecule has 1 saturated carbocycles. The van der Waals surface area contributed by atoms with Crippen molar-refractivity contribution in [1.82, 2.24) is 4.98 Å². The van der Waals surface area contributed by atoms with E-state index in [1.165, 1.54) is 6.42 Å². The second-order valence-electron chi connectivity index (χ2n) is 3.94. The Hall–Kier alpha value is -1.03. The quantitative estimate of drug-likeness (QED) is 0.817. The molecule has 0 unspecified atom stereocenters. The Morgan fingerprint density at radius 3 is 2.88 bits per heavy atom. The van der Waals surface area contributed by atoms with Gasteiger partial charge in [-0.3, -0.25) is 4.79 Å². The summed E-state index contributed by atoms with van der Waals surface area (Å²) in [5.74, 6) is 1.38. The van der Waals surface area contributed by atoms with Gasteiger partial charge in [0.05, 0.1) is 16.9 Å². The number of aromatic nitrogens is 1. The zero-order valence-corrected chi connectivity index (χ0v) is 10.2. The molecule has 3 nitrogen and oxygen atoms in total. The Bertz CT molecular complexity index is 360. The lowest BCUT2D eigenvalue weighted by Gasteiger charge is -2.23. The average molecular weight is 236 g/mol. The van der Waals surface area contributed by atoms with Crippen LogP contribution in [0.1, 0.15) is 26.2 Å². The van der Waals surface area contributed by atoms with Crippen LogP contribution in [0.3, 0.4) is 0 Å². The number of hydrogen-bond donors (Lipinski definition) is 1. The normalized spacial score (nSPS) is 15.6. The number of carbonyl (C=O) groups excluding carboxylic acids is 1. The van der Waals surface area contributed by atoms with Crippen molar-refractivity contribution in [2.75, 3.05) is 11.1 Å². The Kier molecular flexibility index (Phi) is 3.83. The number of thioether (sulfide) groups is 1. The summed E-state index contributed by atoms with van der Waals surface area (Å²) in [4.78, 5) is 15.9. The molecule has 0 aliphatic heterocycles. The molecule has 1 aliphatic carbocycles. The lowest BCUT2D eigenvalue weighted by Crippen LogP contribution is -2.28. The SMILES string of the molecule is CCSc1ccc(NC(=O)C2CCC2)cn1. The van der Waals surface area contributed by atoms with E-state index in [1.54, 1.807) is 18.0 Å². The van der Waals surface area contributed by atoms with Crippen LogP contribution >= 0.6 is 11.8 Å². The van der Waals surface area contributed by atoms with E-state index >= 15 is 0 Å². The van der Waals surface area contributed by atoms with E-state index in [1.807, 2.05) is 12.1 Å². The first-order chi connectivity index (χ1) is 7.79. The molecule has 1 heterocycles. The number of nitrogens with one attached hydrogen (secondary N) is 1. The molecule has 0 aromatic carbocycles. The average Bonchev–Trinajstić information content (AvgIpc) is 2.18. The molecular weight excluding hydrogens is 220 g/mol. The number of hydrogen-bond acceptors (Lipinski definition) is 3. The predicted octanol–water partition coefficient (Wildman–Crippen LogP) is 2.93. The van der Waals surface area contributed by atoms with Gasteiger partial charge in [0.15, 0.2) is 0 Å². The van der Waals surface area contributed by atoms with E-state index in [2.05, 4.69) is 17.2 Å². The highest BCUT2D eigenvalue weighted by Gasteiger charge is 2.25. The molecule has 0 atom stereocenters. The van der Waals surface area contributed by atoms with E-state index < -0.39 is 0 Å². The zero-order chi connectivity index (χ0) is 11.4. The highest BCUT2D eigenvalue weighted by molar-refractivity contribution is 7.99. The van der Waals surface area contributed by atoms with Gasteiger partial charge >= 0.3 is 0 Å². The zero-order valence-electron chi connectivity index (χ0n) is 9.40. The van der Waals surface area contributed by atoms with Crippen molar-refractivity contribution in [3.63, 3.8) is 0 Å². The summed E-state index contributed by atoms with van der Waals surface area (Å²) in [6.07, 6.45) is 4.98. The molecule has 1 aromatic rings. The molecule has 0 spiro atoms. The van der Waals surface area contributed by atoms with Crippen LogP contribution < -0.4 is 5.32 Å². The lowest BCUT2D eigenvalue weighted by molar-refractivity contribution is -0.122. The minimum Gasteiger partial charge on any atom is -0.324 e.